The first kappa shape index (κ1) is 11.0. The van der Waals surface area contributed by atoms with Gasteiger partial charge in [-0.3, -0.25) is 0 Å². The second-order valence-corrected chi connectivity index (χ2v) is 4.43. The Kier molecular flexibility index (Phi) is 2.84. The minimum Gasteiger partial charge on any atom is -0.481 e. The summed E-state index contributed by atoms with van der Waals surface area (Å²) in [4.78, 5) is 8.15. The fraction of sp³-hybridized carbons (Fsp3) is 0.286. The summed E-state index contributed by atoms with van der Waals surface area (Å²) in [7, 11) is 1.61. The standard InChI is InChI=1S/C14H15N3O/c1-18-14-7-13(16-9-17-14)15-8-11-6-10-4-2-3-5-12(10)11/h2-5,7,9,11H,6,8H2,1H3,(H,15,16,17). The molecule has 3 rings (SSSR count). The highest BCUT2D eigenvalue weighted by atomic mass is 16.5. The zero-order valence-electron chi connectivity index (χ0n) is 10.3. The van der Waals surface area contributed by atoms with E-state index >= 15 is 0 Å². The van der Waals surface area contributed by atoms with Gasteiger partial charge in [-0.15, -0.1) is 0 Å². The fourth-order valence-electron chi connectivity index (χ4n) is 2.32. The van der Waals surface area contributed by atoms with Crippen molar-refractivity contribution in [1.29, 1.82) is 0 Å². The lowest BCUT2D eigenvalue weighted by Gasteiger charge is -2.30. The molecule has 1 aliphatic carbocycles. The third kappa shape index (κ3) is 2.01. The SMILES string of the molecule is COc1cc(NCC2Cc3ccccc32)ncn1. The van der Waals surface area contributed by atoms with Crippen molar-refractivity contribution in [3.8, 4) is 5.88 Å². The van der Waals surface area contributed by atoms with Crippen molar-refractivity contribution in [3.63, 3.8) is 0 Å². The highest BCUT2D eigenvalue weighted by Gasteiger charge is 2.24. The van der Waals surface area contributed by atoms with Crippen LogP contribution >= 0.6 is 0 Å². The summed E-state index contributed by atoms with van der Waals surface area (Å²) >= 11 is 0. The fourth-order valence-corrected chi connectivity index (χ4v) is 2.32. The van der Waals surface area contributed by atoms with E-state index < -0.39 is 0 Å². The van der Waals surface area contributed by atoms with Gasteiger partial charge in [-0.05, 0) is 17.5 Å². The van der Waals surface area contributed by atoms with Crippen molar-refractivity contribution in [1.82, 2.24) is 9.97 Å². The number of methoxy groups -OCH3 is 1. The van der Waals surface area contributed by atoms with Gasteiger partial charge in [0.1, 0.15) is 12.1 Å². The molecular weight excluding hydrogens is 226 g/mol. The van der Waals surface area contributed by atoms with Gasteiger partial charge in [0.05, 0.1) is 7.11 Å². The third-order valence-electron chi connectivity index (χ3n) is 3.34. The molecule has 0 bridgehead atoms. The van der Waals surface area contributed by atoms with Gasteiger partial charge < -0.3 is 10.1 Å². The van der Waals surface area contributed by atoms with E-state index in [4.69, 9.17) is 4.74 Å². The molecule has 1 aromatic carbocycles. The van der Waals surface area contributed by atoms with Crippen LogP contribution in [0.5, 0.6) is 5.88 Å². The molecule has 1 heterocycles. The molecule has 0 spiro atoms. The van der Waals surface area contributed by atoms with E-state index in [9.17, 15) is 0 Å². The van der Waals surface area contributed by atoms with Crippen LogP contribution in [-0.2, 0) is 6.42 Å². The Morgan fingerprint density at radius 3 is 3.06 bits per heavy atom. The predicted octanol–water partition coefficient (Wildman–Crippen LogP) is 2.24. The van der Waals surface area contributed by atoms with E-state index in [0.29, 0.717) is 11.8 Å². The van der Waals surface area contributed by atoms with Crippen molar-refractivity contribution in [2.75, 3.05) is 19.0 Å². The Morgan fingerprint density at radius 1 is 1.33 bits per heavy atom. The molecule has 18 heavy (non-hydrogen) atoms. The molecule has 0 saturated carbocycles. The molecule has 0 fully saturated rings. The first-order valence-corrected chi connectivity index (χ1v) is 6.04. The third-order valence-corrected chi connectivity index (χ3v) is 3.34. The monoisotopic (exact) mass is 241 g/mol. The molecule has 1 aromatic heterocycles. The molecule has 2 aromatic rings. The highest BCUT2D eigenvalue weighted by molar-refractivity contribution is 5.43. The molecular formula is C14H15N3O. The lowest BCUT2D eigenvalue weighted by atomic mass is 9.78. The maximum atomic E-state index is 5.07. The number of hydrogen-bond donors (Lipinski definition) is 1. The summed E-state index contributed by atoms with van der Waals surface area (Å²) < 4.78 is 5.07. The van der Waals surface area contributed by atoms with Gasteiger partial charge in [0.15, 0.2) is 0 Å². The minimum atomic E-state index is 0.585. The van der Waals surface area contributed by atoms with Gasteiger partial charge in [0.2, 0.25) is 5.88 Å². The second-order valence-electron chi connectivity index (χ2n) is 4.43. The van der Waals surface area contributed by atoms with Crippen LogP contribution in [0.25, 0.3) is 0 Å². The average molecular weight is 241 g/mol. The van der Waals surface area contributed by atoms with E-state index in [0.717, 1.165) is 18.8 Å². The lowest BCUT2D eigenvalue weighted by Crippen LogP contribution is -2.24. The molecule has 0 amide bonds. The number of nitrogens with zero attached hydrogens (tertiary/aromatic N) is 2. The van der Waals surface area contributed by atoms with E-state index in [1.54, 1.807) is 7.11 Å². The van der Waals surface area contributed by atoms with Crippen LogP contribution < -0.4 is 10.1 Å². The Balaban J connectivity index is 1.63. The van der Waals surface area contributed by atoms with Crippen molar-refractivity contribution in [3.05, 3.63) is 47.8 Å². The van der Waals surface area contributed by atoms with Crippen LogP contribution in [0.15, 0.2) is 36.7 Å². The summed E-state index contributed by atoms with van der Waals surface area (Å²) in [5.74, 6) is 1.98. The van der Waals surface area contributed by atoms with E-state index in [-0.39, 0.29) is 0 Å². The Bertz CT molecular complexity index is 556. The first-order chi connectivity index (χ1) is 8.86. The zero-order valence-corrected chi connectivity index (χ0v) is 10.3. The molecule has 0 radical (unpaired) electrons. The number of rotatable bonds is 4. The number of nitrogens with one attached hydrogen (secondary N) is 1. The van der Waals surface area contributed by atoms with Crippen LogP contribution in [0.2, 0.25) is 0 Å². The maximum Gasteiger partial charge on any atom is 0.218 e. The van der Waals surface area contributed by atoms with Gasteiger partial charge in [-0.1, -0.05) is 24.3 Å². The first-order valence-electron chi connectivity index (χ1n) is 6.04. The van der Waals surface area contributed by atoms with Crippen LogP contribution in [0.3, 0.4) is 0 Å². The average Bonchev–Trinajstić information content (AvgIpc) is 2.40. The van der Waals surface area contributed by atoms with Gasteiger partial charge >= 0.3 is 0 Å². The van der Waals surface area contributed by atoms with Crippen LogP contribution in [-0.4, -0.2) is 23.6 Å². The normalized spacial score (nSPS) is 16.6. The lowest BCUT2D eigenvalue weighted by molar-refractivity contribution is 0.397. The van der Waals surface area contributed by atoms with Crippen LogP contribution in [0.1, 0.15) is 17.0 Å². The summed E-state index contributed by atoms with van der Waals surface area (Å²) in [5, 5.41) is 3.33. The predicted molar refractivity (Wildman–Crippen MR) is 70.0 cm³/mol. The van der Waals surface area contributed by atoms with Crippen molar-refractivity contribution in [2.45, 2.75) is 12.3 Å². The van der Waals surface area contributed by atoms with Gasteiger partial charge in [0.25, 0.3) is 0 Å². The Hall–Kier alpha value is -2.10. The molecule has 1 atom stereocenters. The Morgan fingerprint density at radius 2 is 2.22 bits per heavy atom. The van der Waals surface area contributed by atoms with Crippen molar-refractivity contribution >= 4 is 5.82 Å². The Labute approximate surface area is 106 Å². The topological polar surface area (TPSA) is 47.0 Å². The van der Waals surface area contributed by atoms with Gasteiger partial charge in [0, 0.05) is 18.5 Å². The van der Waals surface area contributed by atoms with Crippen LogP contribution in [0, 0.1) is 0 Å². The number of ether oxygens (including phenoxy) is 1. The maximum absolute atomic E-state index is 5.07. The second kappa shape index (κ2) is 4.64. The number of aromatic nitrogens is 2. The molecule has 92 valence electrons. The minimum absolute atomic E-state index is 0.585. The quantitative estimate of drug-likeness (QED) is 0.891. The molecule has 0 saturated heterocycles. The van der Waals surface area contributed by atoms with Crippen molar-refractivity contribution in [2.24, 2.45) is 0 Å². The largest absolute Gasteiger partial charge is 0.481 e. The van der Waals surface area contributed by atoms with E-state index in [2.05, 4.69) is 39.6 Å². The number of anilines is 1. The summed E-state index contributed by atoms with van der Waals surface area (Å²) in [6.07, 6.45) is 2.65. The molecule has 0 aliphatic heterocycles. The van der Waals surface area contributed by atoms with Gasteiger partial charge in [-0.25, -0.2) is 9.97 Å². The summed E-state index contributed by atoms with van der Waals surface area (Å²) in [6, 6.07) is 10.4. The summed E-state index contributed by atoms with van der Waals surface area (Å²) in [5.41, 5.74) is 2.91. The molecule has 4 nitrogen and oxygen atoms in total. The summed E-state index contributed by atoms with van der Waals surface area (Å²) in [6.45, 7) is 0.900. The van der Waals surface area contributed by atoms with E-state index in [1.165, 1.54) is 17.5 Å². The van der Waals surface area contributed by atoms with Crippen LogP contribution in [0.4, 0.5) is 5.82 Å². The molecule has 4 heteroatoms. The van der Waals surface area contributed by atoms with Crippen molar-refractivity contribution < 1.29 is 4.74 Å². The van der Waals surface area contributed by atoms with Gasteiger partial charge in [-0.2, -0.15) is 0 Å². The smallest absolute Gasteiger partial charge is 0.218 e. The van der Waals surface area contributed by atoms with E-state index in [1.807, 2.05) is 6.07 Å². The highest BCUT2D eigenvalue weighted by Crippen LogP contribution is 2.34. The molecule has 1 N–H and O–H groups in total. The number of hydrogen-bond acceptors (Lipinski definition) is 4. The molecule has 1 unspecified atom stereocenters. The number of benzene rings is 1. The zero-order chi connectivity index (χ0) is 12.4. The molecule has 1 aliphatic rings. The number of fused-ring (bicyclic) bond motifs is 1.